The van der Waals surface area contributed by atoms with E-state index in [0.717, 1.165) is 95.4 Å². The van der Waals surface area contributed by atoms with Crippen LogP contribution < -0.4 is 5.32 Å². The standard InChI is InChI=1S/C51H74N2O8/c1-30(2)41-36(54)27-51(39(55)28-52-43(56)32-12-10-31(11-13-32)29-53-22-24-60-25-23-53)21-20-49(8)33(42(41)51)14-15-38-48(7)18-17-40(47(5,6)37(48)16-19-50(38,49)9)61-45(59)35-26-34(44(57)58)46(35,3)4/h10-13,30,33-35,37-40,55H,14-29H2,1-9H3,(H,52,56)(H,57,58)/t33-,34+,35-,37+,38-,39+,40+,48+,49-,50-,51+/m1/s1. The second-order valence-electron chi connectivity index (χ2n) is 22.9. The van der Waals surface area contributed by atoms with Crippen molar-refractivity contribution in [2.24, 2.45) is 68.0 Å². The van der Waals surface area contributed by atoms with E-state index in [-0.39, 0.29) is 63.8 Å². The van der Waals surface area contributed by atoms with Crippen LogP contribution in [0.4, 0.5) is 0 Å². The monoisotopic (exact) mass is 843 g/mol. The van der Waals surface area contributed by atoms with Gasteiger partial charge in [0.1, 0.15) is 6.10 Å². The van der Waals surface area contributed by atoms with Gasteiger partial charge in [0, 0.05) is 49.0 Å². The van der Waals surface area contributed by atoms with Crippen LogP contribution in [-0.2, 0) is 30.4 Å². The van der Waals surface area contributed by atoms with Gasteiger partial charge in [-0.1, -0.05) is 80.0 Å². The number of esters is 1. The maximum absolute atomic E-state index is 14.2. The van der Waals surface area contributed by atoms with Gasteiger partial charge >= 0.3 is 11.9 Å². The second kappa shape index (κ2) is 15.6. The third-order valence-corrected chi connectivity index (χ3v) is 19.4. The van der Waals surface area contributed by atoms with E-state index < -0.39 is 34.7 Å². The maximum atomic E-state index is 14.2. The van der Waals surface area contributed by atoms with Crippen LogP contribution in [0.15, 0.2) is 35.4 Å². The fraction of sp³-hybridized carbons (Fsp3) is 0.765. The molecular weight excluding hydrogens is 769 g/mol. The molecule has 7 aliphatic rings. The molecule has 1 aromatic rings. The summed E-state index contributed by atoms with van der Waals surface area (Å²) in [7, 11) is 0. The van der Waals surface area contributed by atoms with Gasteiger partial charge < -0.3 is 25.0 Å². The molecule has 1 heterocycles. The number of morpholine rings is 1. The number of nitrogens with one attached hydrogen (secondary N) is 1. The molecule has 0 radical (unpaired) electrons. The molecule has 1 amide bonds. The third-order valence-electron chi connectivity index (χ3n) is 19.4. The first-order valence-electron chi connectivity index (χ1n) is 23.7. The van der Waals surface area contributed by atoms with Crippen LogP contribution >= 0.6 is 0 Å². The van der Waals surface area contributed by atoms with Gasteiger partial charge in [0.25, 0.3) is 5.91 Å². The molecule has 0 spiro atoms. The van der Waals surface area contributed by atoms with Gasteiger partial charge in [-0.3, -0.25) is 24.1 Å². The molecule has 10 nitrogen and oxygen atoms in total. The zero-order valence-electron chi connectivity index (χ0n) is 38.5. The molecule has 6 fully saturated rings. The molecule has 0 unspecified atom stereocenters. The zero-order chi connectivity index (χ0) is 44.1. The zero-order valence-corrected chi connectivity index (χ0v) is 38.5. The van der Waals surface area contributed by atoms with E-state index in [0.29, 0.717) is 30.2 Å². The molecule has 1 saturated heterocycles. The first kappa shape index (κ1) is 44.5. The minimum atomic E-state index is -0.880. The van der Waals surface area contributed by atoms with Crippen LogP contribution in [0.2, 0.25) is 0 Å². The smallest absolute Gasteiger partial charge is 0.309 e. The Bertz CT molecular complexity index is 1950. The fourth-order valence-corrected chi connectivity index (χ4v) is 15.5. The van der Waals surface area contributed by atoms with Crippen LogP contribution in [0, 0.1) is 68.0 Å². The van der Waals surface area contributed by atoms with Gasteiger partial charge in [0.15, 0.2) is 5.78 Å². The Morgan fingerprint density at radius 3 is 2.18 bits per heavy atom. The summed E-state index contributed by atoms with van der Waals surface area (Å²) in [6.07, 6.45) is 7.06. The number of rotatable bonds is 10. The lowest BCUT2D eigenvalue weighted by atomic mass is 9.33. The summed E-state index contributed by atoms with van der Waals surface area (Å²) >= 11 is 0. The van der Waals surface area contributed by atoms with E-state index >= 15 is 0 Å². The number of carboxylic acids is 1. The molecule has 61 heavy (non-hydrogen) atoms. The lowest BCUT2D eigenvalue weighted by molar-refractivity contribution is -0.238. The quantitative estimate of drug-likeness (QED) is 0.199. The van der Waals surface area contributed by atoms with Crippen molar-refractivity contribution in [2.75, 3.05) is 32.8 Å². The Balaban J connectivity index is 0.990. The van der Waals surface area contributed by atoms with Crippen molar-refractivity contribution >= 4 is 23.6 Å². The van der Waals surface area contributed by atoms with Crippen molar-refractivity contribution in [2.45, 2.75) is 145 Å². The van der Waals surface area contributed by atoms with E-state index in [4.69, 9.17) is 9.47 Å². The van der Waals surface area contributed by atoms with E-state index in [1.807, 2.05) is 38.1 Å². The topological polar surface area (TPSA) is 142 Å². The maximum Gasteiger partial charge on any atom is 0.309 e. The minimum absolute atomic E-state index is 0.00253. The summed E-state index contributed by atoms with van der Waals surface area (Å²) in [5.41, 5.74) is 2.24. The van der Waals surface area contributed by atoms with Crippen molar-refractivity contribution in [1.82, 2.24) is 10.2 Å². The number of amides is 1. The molecular formula is C51H74N2O8. The lowest BCUT2D eigenvalue weighted by Crippen LogP contribution is -2.66. The lowest BCUT2D eigenvalue weighted by Gasteiger charge is -2.72. The Labute approximate surface area is 364 Å². The number of hydrogen-bond acceptors (Lipinski definition) is 8. The van der Waals surface area contributed by atoms with Crippen LogP contribution in [0.25, 0.3) is 0 Å². The average molecular weight is 843 g/mol. The number of ketones is 1. The number of carbonyl (C=O) groups is 4. The highest BCUT2D eigenvalue weighted by atomic mass is 16.5. The summed E-state index contributed by atoms with van der Waals surface area (Å²) in [5, 5.41) is 25.1. The summed E-state index contributed by atoms with van der Waals surface area (Å²) < 4.78 is 11.9. The van der Waals surface area contributed by atoms with Gasteiger partial charge in [-0.05, 0) is 126 Å². The largest absolute Gasteiger partial charge is 0.481 e. The fourth-order valence-electron chi connectivity index (χ4n) is 15.5. The number of carbonyl (C=O) groups excluding carboxylic acids is 3. The number of Topliss-reactive ketones (excluding diaryl/α,β-unsaturated/α-hetero) is 1. The normalized spacial score (nSPS) is 39.6. The summed E-state index contributed by atoms with van der Waals surface area (Å²) in [5.74, 6) is -1.02. The highest BCUT2D eigenvalue weighted by Crippen LogP contribution is 2.77. The van der Waals surface area contributed by atoms with E-state index in [1.165, 1.54) is 5.57 Å². The molecule has 5 saturated carbocycles. The van der Waals surface area contributed by atoms with Gasteiger partial charge in [0.05, 0.1) is 31.2 Å². The van der Waals surface area contributed by atoms with Crippen LogP contribution in [-0.4, -0.2) is 83.8 Å². The molecule has 0 aromatic heterocycles. The first-order chi connectivity index (χ1) is 28.6. The van der Waals surface area contributed by atoms with Crippen molar-refractivity contribution in [3.8, 4) is 0 Å². The molecule has 10 heteroatoms. The number of aliphatic hydroxyl groups excluding tert-OH is 1. The van der Waals surface area contributed by atoms with Crippen LogP contribution in [0.3, 0.4) is 0 Å². The molecule has 6 aliphatic carbocycles. The number of aliphatic hydroxyl groups is 1. The first-order valence-corrected chi connectivity index (χ1v) is 23.7. The number of ether oxygens (including phenoxy) is 2. The second-order valence-corrected chi connectivity index (χ2v) is 22.9. The third kappa shape index (κ3) is 6.88. The van der Waals surface area contributed by atoms with E-state index in [2.05, 4.69) is 58.7 Å². The average Bonchev–Trinajstić information content (AvgIpc) is 3.51. The molecule has 336 valence electrons. The Kier molecular flexibility index (Phi) is 11.4. The number of aliphatic carboxylic acids is 1. The van der Waals surface area contributed by atoms with Gasteiger partial charge in [0.2, 0.25) is 0 Å². The van der Waals surface area contributed by atoms with Gasteiger partial charge in [-0.25, -0.2) is 0 Å². The Morgan fingerprint density at radius 2 is 1.54 bits per heavy atom. The van der Waals surface area contributed by atoms with E-state index in [9.17, 15) is 29.4 Å². The number of benzene rings is 1. The van der Waals surface area contributed by atoms with Crippen LogP contribution in [0.5, 0.6) is 0 Å². The minimum Gasteiger partial charge on any atom is -0.481 e. The number of nitrogens with zero attached hydrogens (tertiary/aromatic N) is 1. The number of fused-ring (bicyclic) bond motifs is 7. The highest BCUT2D eigenvalue weighted by Gasteiger charge is 2.71. The predicted octanol–water partition coefficient (Wildman–Crippen LogP) is 8.25. The molecule has 3 N–H and O–H groups in total. The molecule has 11 atom stereocenters. The Hall–Kier alpha value is -3.08. The highest BCUT2D eigenvalue weighted by molar-refractivity contribution is 6.01. The van der Waals surface area contributed by atoms with Gasteiger partial charge in [-0.2, -0.15) is 0 Å². The Morgan fingerprint density at radius 1 is 0.852 bits per heavy atom. The summed E-state index contributed by atoms with van der Waals surface area (Å²) in [4.78, 5) is 55.6. The molecule has 1 aliphatic heterocycles. The summed E-state index contributed by atoms with van der Waals surface area (Å²) in [6.45, 7) is 24.4. The van der Waals surface area contributed by atoms with Crippen LogP contribution in [0.1, 0.15) is 142 Å². The van der Waals surface area contributed by atoms with E-state index in [1.54, 1.807) is 0 Å². The summed E-state index contributed by atoms with van der Waals surface area (Å²) in [6, 6.07) is 7.75. The molecule has 1 aromatic carbocycles. The van der Waals surface area contributed by atoms with Gasteiger partial charge in [-0.15, -0.1) is 0 Å². The van der Waals surface area contributed by atoms with Crippen molar-refractivity contribution in [3.63, 3.8) is 0 Å². The van der Waals surface area contributed by atoms with Crippen molar-refractivity contribution in [1.29, 1.82) is 0 Å². The van der Waals surface area contributed by atoms with Crippen molar-refractivity contribution < 1.29 is 38.9 Å². The molecule has 8 rings (SSSR count). The number of hydrogen-bond donors (Lipinski definition) is 3. The number of allylic oxidation sites excluding steroid dienone is 1. The number of carboxylic acid groups (broad SMARTS) is 1. The van der Waals surface area contributed by atoms with Crippen molar-refractivity contribution in [3.05, 3.63) is 46.5 Å². The predicted molar refractivity (Wildman–Crippen MR) is 233 cm³/mol. The molecule has 0 bridgehead atoms. The SMILES string of the molecule is CC(C)C1=C2[C@H]3CC[C@@H]4[C@@]5(C)CC[C@H](OC(=O)[C@H]6C[C@@H](C(=O)O)C6(C)C)C(C)(C)[C@@H]5CC[C@@]4(C)[C@]3(C)CC[C@@]2([C@@H](O)CNC(=O)c2ccc(CN3CCOCC3)cc2)CC1=O.